The molecule has 0 spiro atoms. The number of hydrogen-bond donors (Lipinski definition) is 3. The largest absolute Gasteiger partial charge is 0.468 e. The van der Waals surface area contributed by atoms with Crippen LogP contribution in [0.25, 0.3) is 0 Å². The second-order valence-electron chi connectivity index (χ2n) is 6.98. The van der Waals surface area contributed by atoms with Crippen LogP contribution in [0.4, 0.5) is 0 Å². The number of imidazole rings is 1. The van der Waals surface area contributed by atoms with Crippen LogP contribution in [0, 0.1) is 5.92 Å². The molecular formula is C16H28N4O3. The van der Waals surface area contributed by atoms with Gasteiger partial charge in [0.15, 0.2) is 0 Å². The van der Waals surface area contributed by atoms with Crippen LogP contribution in [-0.2, 0) is 20.7 Å². The minimum Gasteiger partial charge on any atom is -0.468 e. The summed E-state index contributed by atoms with van der Waals surface area (Å²) in [6, 6.07) is -1.13. The predicted molar refractivity (Wildman–Crippen MR) is 87.8 cm³/mol. The molecule has 130 valence electrons. The van der Waals surface area contributed by atoms with E-state index in [1.165, 1.54) is 7.11 Å². The molecule has 0 aliphatic rings. The van der Waals surface area contributed by atoms with Gasteiger partial charge in [0.25, 0.3) is 0 Å². The number of nitrogens with one attached hydrogen (secondary N) is 3. The lowest BCUT2D eigenvalue weighted by Gasteiger charge is -2.29. The van der Waals surface area contributed by atoms with Gasteiger partial charge in [-0.3, -0.25) is 14.9 Å². The molecule has 23 heavy (non-hydrogen) atoms. The molecule has 1 aromatic rings. The molecular weight excluding hydrogens is 296 g/mol. The topological polar surface area (TPSA) is 96.1 Å². The van der Waals surface area contributed by atoms with Gasteiger partial charge >= 0.3 is 5.97 Å². The molecule has 1 rings (SSSR count). The minimum atomic E-state index is -0.626. The number of aromatic nitrogens is 2. The Morgan fingerprint density at radius 2 is 2.00 bits per heavy atom. The van der Waals surface area contributed by atoms with Crippen LogP contribution in [-0.4, -0.2) is 46.6 Å². The van der Waals surface area contributed by atoms with Crippen molar-refractivity contribution in [3.63, 3.8) is 0 Å². The summed E-state index contributed by atoms with van der Waals surface area (Å²) in [5.41, 5.74) is 0.461. The molecule has 0 fully saturated rings. The SMILES string of the molecule is COC(=O)[C@H](Cc1cnc[nH]1)N[C@@H](C(=O)NC(C)(C)C)C(C)C. The molecule has 1 amide bonds. The molecule has 1 aromatic heterocycles. The molecule has 7 nitrogen and oxygen atoms in total. The van der Waals surface area contributed by atoms with Crippen LogP contribution in [0.2, 0.25) is 0 Å². The molecule has 0 unspecified atom stereocenters. The lowest BCUT2D eigenvalue weighted by molar-refractivity contribution is -0.143. The maximum absolute atomic E-state index is 12.5. The number of hydrogen-bond acceptors (Lipinski definition) is 5. The van der Waals surface area contributed by atoms with Crippen LogP contribution in [0.15, 0.2) is 12.5 Å². The summed E-state index contributed by atoms with van der Waals surface area (Å²) >= 11 is 0. The number of carbonyl (C=O) groups excluding carboxylic acids is 2. The second-order valence-corrected chi connectivity index (χ2v) is 6.98. The number of esters is 1. The van der Waals surface area contributed by atoms with Crippen molar-refractivity contribution in [3.8, 4) is 0 Å². The predicted octanol–water partition coefficient (Wildman–Crippen LogP) is 1.02. The van der Waals surface area contributed by atoms with Crippen molar-refractivity contribution in [2.75, 3.05) is 7.11 Å². The lowest BCUT2D eigenvalue weighted by Crippen LogP contribution is -2.57. The van der Waals surface area contributed by atoms with Crippen molar-refractivity contribution in [2.24, 2.45) is 5.92 Å². The van der Waals surface area contributed by atoms with Crippen molar-refractivity contribution >= 4 is 11.9 Å². The maximum atomic E-state index is 12.5. The van der Waals surface area contributed by atoms with Crippen molar-refractivity contribution in [3.05, 3.63) is 18.2 Å². The molecule has 0 radical (unpaired) electrons. The molecule has 0 aromatic carbocycles. The zero-order valence-corrected chi connectivity index (χ0v) is 14.8. The Kier molecular flexibility index (Phi) is 6.75. The van der Waals surface area contributed by atoms with E-state index in [-0.39, 0.29) is 17.4 Å². The number of methoxy groups -OCH3 is 1. The van der Waals surface area contributed by atoms with Crippen molar-refractivity contribution in [1.82, 2.24) is 20.6 Å². The first-order valence-electron chi connectivity index (χ1n) is 7.77. The van der Waals surface area contributed by atoms with Crippen LogP contribution in [0.5, 0.6) is 0 Å². The Hall–Kier alpha value is -1.89. The first kappa shape index (κ1) is 19.2. The van der Waals surface area contributed by atoms with Crippen molar-refractivity contribution in [1.29, 1.82) is 0 Å². The number of rotatable bonds is 7. The van der Waals surface area contributed by atoms with E-state index < -0.39 is 18.1 Å². The normalized spacial score (nSPS) is 14.4. The van der Waals surface area contributed by atoms with E-state index in [1.807, 2.05) is 34.6 Å². The van der Waals surface area contributed by atoms with E-state index in [0.717, 1.165) is 5.69 Å². The average Bonchev–Trinajstić information content (AvgIpc) is 2.92. The van der Waals surface area contributed by atoms with Gasteiger partial charge in [-0.25, -0.2) is 4.98 Å². The molecule has 1 heterocycles. The smallest absolute Gasteiger partial charge is 0.323 e. The number of H-pyrrole nitrogens is 1. The molecule has 0 saturated carbocycles. The third kappa shape index (κ3) is 6.40. The van der Waals surface area contributed by atoms with Gasteiger partial charge in [-0.1, -0.05) is 13.8 Å². The summed E-state index contributed by atoms with van der Waals surface area (Å²) in [6.07, 6.45) is 3.58. The quantitative estimate of drug-likeness (QED) is 0.651. The van der Waals surface area contributed by atoms with Crippen molar-refractivity contribution in [2.45, 2.75) is 58.7 Å². The summed E-state index contributed by atoms with van der Waals surface area (Å²) in [4.78, 5) is 31.5. The van der Waals surface area contributed by atoms with Gasteiger partial charge in [0.2, 0.25) is 5.91 Å². The highest BCUT2D eigenvalue weighted by Gasteiger charge is 2.31. The number of ether oxygens (including phenoxy) is 1. The van der Waals surface area contributed by atoms with Crippen LogP contribution >= 0.6 is 0 Å². The summed E-state index contributed by atoms with van der Waals surface area (Å²) in [5, 5.41) is 6.08. The fraction of sp³-hybridized carbons (Fsp3) is 0.688. The summed E-state index contributed by atoms with van der Waals surface area (Å²) in [5.74, 6) is -0.522. The van der Waals surface area contributed by atoms with E-state index in [4.69, 9.17) is 4.74 Å². The first-order chi connectivity index (χ1) is 10.6. The van der Waals surface area contributed by atoms with Crippen molar-refractivity contribution < 1.29 is 14.3 Å². The van der Waals surface area contributed by atoms with Gasteiger partial charge in [0.1, 0.15) is 6.04 Å². The van der Waals surface area contributed by atoms with Gasteiger partial charge in [-0.15, -0.1) is 0 Å². The third-order valence-electron chi connectivity index (χ3n) is 3.29. The summed E-state index contributed by atoms with van der Waals surface area (Å²) in [6.45, 7) is 9.63. The molecule has 0 aliphatic carbocycles. The Bertz CT molecular complexity index is 506. The third-order valence-corrected chi connectivity index (χ3v) is 3.29. The summed E-state index contributed by atoms with van der Waals surface area (Å²) < 4.78 is 4.85. The van der Waals surface area contributed by atoms with E-state index in [2.05, 4.69) is 20.6 Å². The van der Waals surface area contributed by atoms with Gasteiger partial charge < -0.3 is 15.0 Å². The Balaban J connectivity index is 2.87. The van der Waals surface area contributed by atoms with Gasteiger partial charge in [0.05, 0.1) is 19.5 Å². The second kappa shape index (κ2) is 8.10. The molecule has 0 bridgehead atoms. The maximum Gasteiger partial charge on any atom is 0.323 e. The van der Waals surface area contributed by atoms with Gasteiger partial charge in [-0.2, -0.15) is 0 Å². The van der Waals surface area contributed by atoms with Gasteiger partial charge in [-0.05, 0) is 26.7 Å². The fourth-order valence-corrected chi connectivity index (χ4v) is 2.20. The number of aromatic amines is 1. The van der Waals surface area contributed by atoms with E-state index in [9.17, 15) is 9.59 Å². The van der Waals surface area contributed by atoms with Crippen LogP contribution in [0.3, 0.4) is 0 Å². The number of nitrogens with zero attached hydrogens (tertiary/aromatic N) is 1. The molecule has 3 N–H and O–H groups in total. The number of amides is 1. The standard InChI is InChI=1S/C16H28N4O3/c1-10(2)13(14(21)20-16(3,4)5)19-12(15(22)23-6)7-11-8-17-9-18-11/h8-10,12-13,19H,7H2,1-6H3,(H,17,18)(H,20,21)/t12-,13+/m0/s1. The highest BCUT2D eigenvalue weighted by Crippen LogP contribution is 2.09. The Morgan fingerprint density at radius 1 is 1.35 bits per heavy atom. The zero-order valence-electron chi connectivity index (χ0n) is 14.8. The van der Waals surface area contributed by atoms with Crippen LogP contribution in [0.1, 0.15) is 40.3 Å². The van der Waals surface area contributed by atoms with E-state index in [1.54, 1.807) is 12.5 Å². The van der Waals surface area contributed by atoms with E-state index in [0.29, 0.717) is 6.42 Å². The number of carbonyl (C=O) groups is 2. The van der Waals surface area contributed by atoms with Gasteiger partial charge in [0, 0.05) is 23.9 Å². The highest BCUT2D eigenvalue weighted by molar-refractivity contribution is 5.84. The van der Waals surface area contributed by atoms with E-state index >= 15 is 0 Å². The first-order valence-corrected chi connectivity index (χ1v) is 7.77. The molecule has 0 aliphatic heterocycles. The fourth-order valence-electron chi connectivity index (χ4n) is 2.20. The monoisotopic (exact) mass is 324 g/mol. The molecule has 7 heteroatoms. The molecule has 0 saturated heterocycles. The average molecular weight is 324 g/mol. The molecule has 2 atom stereocenters. The minimum absolute atomic E-state index is 0.0197. The van der Waals surface area contributed by atoms with Crippen LogP contribution < -0.4 is 10.6 Å². The zero-order chi connectivity index (χ0) is 17.6. The highest BCUT2D eigenvalue weighted by atomic mass is 16.5. The lowest BCUT2D eigenvalue weighted by atomic mass is 9.99. The summed E-state index contributed by atoms with van der Waals surface area (Å²) in [7, 11) is 1.34. The Labute approximate surface area is 137 Å². The Morgan fingerprint density at radius 3 is 2.43 bits per heavy atom.